The van der Waals surface area contributed by atoms with E-state index < -0.39 is 27.5 Å². The second kappa shape index (κ2) is 9.19. The summed E-state index contributed by atoms with van der Waals surface area (Å²) in [6, 6.07) is 11.4. The van der Waals surface area contributed by atoms with Gasteiger partial charge in [-0.25, -0.2) is 12.8 Å². The predicted molar refractivity (Wildman–Crippen MR) is 105 cm³/mol. The number of hydrogen-bond acceptors (Lipinski definition) is 4. The first kappa shape index (κ1) is 21.7. The van der Waals surface area contributed by atoms with Crippen LogP contribution in [-0.4, -0.2) is 37.5 Å². The Kier molecular flexibility index (Phi) is 6.86. The summed E-state index contributed by atoms with van der Waals surface area (Å²) in [5.41, 5.74) is 0.296. The Hall–Kier alpha value is -2.04. The van der Waals surface area contributed by atoms with E-state index in [0.717, 1.165) is 10.4 Å². The third-order valence-corrected chi connectivity index (χ3v) is 7.36. The fraction of sp³-hybridized carbons (Fsp3) is 0.316. The molecule has 156 valence electrons. The number of alkyl halides is 2. The number of carbonyl (C=O) groups is 1. The first-order chi connectivity index (χ1) is 13.8. The maximum Gasteiger partial charge on any atom is 0.288 e. The highest BCUT2D eigenvalue weighted by atomic mass is 32.2. The van der Waals surface area contributed by atoms with E-state index >= 15 is 0 Å². The van der Waals surface area contributed by atoms with Gasteiger partial charge in [-0.3, -0.25) is 4.79 Å². The summed E-state index contributed by atoms with van der Waals surface area (Å²) >= 11 is 0.345. The van der Waals surface area contributed by atoms with E-state index in [1.807, 2.05) is 0 Å². The summed E-state index contributed by atoms with van der Waals surface area (Å²) in [7, 11) is -3.98. The third kappa shape index (κ3) is 5.12. The molecule has 0 atom stereocenters. The van der Waals surface area contributed by atoms with Crippen LogP contribution in [0.4, 0.5) is 18.9 Å². The summed E-state index contributed by atoms with van der Waals surface area (Å²) in [5, 5.41) is 2.66. The molecule has 1 aliphatic heterocycles. The molecule has 0 spiro atoms. The van der Waals surface area contributed by atoms with Crippen LogP contribution in [0.1, 0.15) is 12.8 Å². The zero-order valence-corrected chi connectivity index (χ0v) is 16.9. The van der Waals surface area contributed by atoms with Crippen molar-refractivity contribution in [3.8, 4) is 0 Å². The minimum absolute atomic E-state index is 0.0716. The van der Waals surface area contributed by atoms with E-state index in [1.54, 1.807) is 18.2 Å². The van der Waals surface area contributed by atoms with Gasteiger partial charge in [-0.15, -0.1) is 0 Å². The molecule has 1 heterocycles. The van der Waals surface area contributed by atoms with Gasteiger partial charge in [0.25, 0.3) is 5.76 Å². The smallest absolute Gasteiger partial charge is 0.288 e. The molecule has 1 N–H and O–H groups in total. The Balaban J connectivity index is 1.64. The normalized spacial score (nSPS) is 16.1. The number of para-hydroxylation sites is 1. The minimum Gasteiger partial charge on any atom is -0.325 e. The Morgan fingerprint density at radius 2 is 1.69 bits per heavy atom. The highest BCUT2D eigenvalue weighted by molar-refractivity contribution is 7.99. The van der Waals surface area contributed by atoms with Crippen LogP contribution < -0.4 is 5.32 Å². The van der Waals surface area contributed by atoms with Crippen LogP contribution in [0.25, 0.3) is 0 Å². The lowest BCUT2D eigenvalue weighted by Crippen LogP contribution is -2.41. The summed E-state index contributed by atoms with van der Waals surface area (Å²) in [6.45, 7) is 0.143. The molecule has 2 aromatic rings. The number of piperidine rings is 1. The lowest BCUT2D eigenvalue weighted by molar-refractivity contribution is -0.120. The number of anilines is 1. The van der Waals surface area contributed by atoms with E-state index in [1.165, 1.54) is 24.3 Å². The molecule has 1 saturated heterocycles. The summed E-state index contributed by atoms with van der Waals surface area (Å²) < 4.78 is 65.7. The van der Waals surface area contributed by atoms with Crippen molar-refractivity contribution >= 4 is 33.4 Å². The zero-order valence-electron chi connectivity index (χ0n) is 15.2. The Bertz CT molecular complexity index is 978. The molecule has 29 heavy (non-hydrogen) atoms. The molecule has 0 unspecified atom stereocenters. The molecule has 3 rings (SSSR count). The van der Waals surface area contributed by atoms with Crippen LogP contribution in [0.2, 0.25) is 0 Å². The van der Waals surface area contributed by atoms with Crippen molar-refractivity contribution in [2.24, 2.45) is 5.92 Å². The average Bonchev–Trinajstić information content (AvgIpc) is 2.69. The van der Waals surface area contributed by atoms with Crippen molar-refractivity contribution in [1.82, 2.24) is 4.31 Å². The number of nitrogens with one attached hydrogen (secondary N) is 1. The molecule has 1 fully saturated rings. The molecule has 1 amide bonds. The van der Waals surface area contributed by atoms with Crippen LogP contribution in [0.5, 0.6) is 0 Å². The van der Waals surface area contributed by atoms with E-state index in [-0.39, 0.29) is 41.6 Å². The molecule has 0 aromatic heterocycles. The van der Waals surface area contributed by atoms with Crippen LogP contribution in [0.15, 0.2) is 58.3 Å². The average molecular weight is 445 g/mol. The predicted octanol–water partition coefficient (Wildman–Crippen LogP) is 4.18. The lowest BCUT2D eigenvalue weighted by Gasteiger charge is -2.30. The number of nitrogens with zero attached hydrogens (tertiary/aromatic N) is 1. The SMILES string of the molecule is O=C(Nc1ccccc1SC(F)F)C1CCN(S(=O)(=O)c2ccccc2F)CC1. The second-order valence-corrected chi connectivity index (χ2v) is 9.41. The highest BCUT2D eigenvalue weighted by Gasteiger charge is 2.33. The highest BCUT2D eigenvalue weighted by Crippen LogP contribution is 2.32. The summed E-state index contributed by atoms with van der Waals surface area (Å²) in [5.74, 6) is -4.25. The number of amides is 1. The molecule has 2 aromatic carbocycles. The number of thioether (sulfide) groups is 1. The van der Waals surface area contributed by atoms with Gasteiger partial charge in [0.2, 0.25) is 15.9 Å². The van der Waals surface area contributed by atoms with Gasteiger partial charge < -0.3 is 5.32 Å². The summed E-state index contributed by atoms with van der Waals surface area (Å²) in [6.07, 6.45) is 0.507. The van der Waals surface area contributed by atoms with Gasteiger partial charge >= 0.3 is 0 Å². The first-order valence-electron chi connectivity index (χ1n) is 8.88. The van der Waals surface area contributed by atoms with E-state index in [0.29, 0.717) is 17.4 Å². The maximum absolute atomic E-state index is 13.9. The molecule has 0 bridgehead atoms. The van der Waals surface area contributed by atoms with E-state index in [9.17, 15) is 26.4 Å². The van der Waals surface area contributed by atoms with Crippen molar-refractivity contribution in [2.75, 3.05) is 18.4 Å². The van der Waals surface area contributed by atoms with Gasteiger partial charge in [0.05, 0.1) is 5.69 Å². The van der Waals surface area contributed by atoms with Crippen molar-refractivity contribution in [2.45, 2.75) is 28.4 Å². The molecule has 0 radical (unpaired) electrons. The molecule has 0 saturated carbocycles. The first-order valence-corrected chi connectivity index (χ1v) is 11.2. The van der Waals surface area contributed by atoms with Crippen molar-refractivity contribution in [1.29, 1.82) is 0 Å². The van der Waals surface area contributed by atoms with Gasteiger partial charge in [-0.05, 0) is 37.1 Å². The van der Waals surface area contributed by atoms with E-state index in [2.05, 4.69) is 5.32 Å². The van der Waals surface area contributed by atoms with Crippen LogP contribution in [0.3, 0.4) is 0 Å². The minimum atomic E-state index is -3.98. The summed E-state index contributed by atoms with van der Waals surface area (Å²) in [4.78, 5) is 12.4. The standard InChI is InChI=1S/C19H19F3N2O3S2/c20-14-5-1-4-8-17(14)29(26,27)24-11-9-13(10-12-24)18(25)23-15-6-2-3-7-16(15)28-19(21)22/h1-8,13,19H,9-12H2,(H,23,25). The van der Waals surface area contributed by atoms with Gasteiger partial charge in [0.1, 0.15) is 10.7 Å². The van der Waals surface area contributed by atoms with Gasteiger partial charge in [-0.2, -0.15) is 13.1 Å². The Labute approximate surface area is 171 Å². The Morgan fingerprint density at radius 3 is 2.34 bits per heavy atom. The maximum atomic E-state index is 13.9. The molecule has 0 aliphatic carbocycles. The fourth-order valence-corrected chi connectivity index (χ4v) is 5.28. The van der Waals surface area contributed by atoms with Gasteiger partial charge in [0.15, 0.2) is 0 Å². The van der Waals surface area contributed by atoms with Gasteiger partial charge in [-0.1, -0.05) is 36.0 Å². The van der Waals surface area contributed by atoms with Gasteiger partial charge in [0, 0.05) is 23.9 Å². The van der Waals surface area contributed by atoms with Crippen molar-refractivity contribution in [3.05, 3.63) is 54.3 Å². The number of rotatable bonds is 6. The zero-order chi connectivity index (χ0) is 21.0. The van der Waals surface area contributed by atoms with Crippen LogP contribution in [0, 0.1) is 11.7 Å². The van der Waals surface area contributed by atoms with Crippen LogP contribution >= 0.6 is 11.8 Å². The fourth-order valence-electron chi connectivity index (χ4n) is 3.15. The number of carbonyl (C=O) groups excluding carboxylic acids is 1. The van der Waals surface area contributed by atoms with Crippen molar-refractivity contribution in [3.63, 3.8) is 0 Å². The quantitative estimate of drug-likeness (QED) is 0.679. The largest absolute Gasteiger partial charge is 0.325 e. The molecule has 5 nitrogen and oxygen atoms in total. The Morgan fingerprint density at radius 1 is 1.07 bits per heavy atom. The third-order valence-electron chi connectivity index (χ3n) is 4.64. The number of halogens is 3. The van der Waals surface area contributed by atoms with Crippen LogP contribution in [-0.2, 0) is 14.8 Å². The molecular weight excluding hydrogens is 425 g/mol. The second-order valence-electron chi connectivity index (χ2n) is 6.47. The number of benzene rings is 2. The number of hydrogen-bond donors (Lipinski definition) is 1. The molecule has 1 aliphatic rings. The monoisotopic (exact) mass is 444 g/mol. The molecule has 10 heteroatoms. The topological polar surface area (TPSA) is 66.5 Å². The lowest BCUT2D eigenvalue weighted by atomic mass is 9.97. The van der Waals surface area contributed by atoms with Crippen molar-refractivity contribution < 1.29 is 26.4 Å². The number of sulfonamides is 1. The molecular formula is C19H19F3N2O3S2. The van der Waals surface area contributed by atoms with E-state index in [4.69, 9.17) is 0 Å².